The highest BCUT2D eigenvalue weighted by Gasteiger charge is 2.47. The summed E-state index contributed by atoms with van der Waals surface area (Å²) in [5.74, 6) is 0.890. The van der Waals surface area contributed by atoms with Crippen LogP contribution in [0.15, 0.2) is 54.6 Å². The molecule has 198 valence electrons. The number of pyridine rings is 1. The van der Waals surface area contributed by atoms with Gasteiger partial charge in [0.15, 0.2) is 0 Å². The predicted octanol–water partition coefficient (Wildman–Crippen LogP) is 6.76. The van der Waals surface area contributed by atoms with Gasteiger partial charge in [0.1, 0.15) is 11.4 Å². The Kier molecular flexibility index (Phi) is 7.03. The molecular weight excluding hydrogens is 596 g/mol. The lowest BCUT2D eigenvalue weighted by Crippen LogP contribution is -2.46. The van der Waals surface area contributed by atoms with E-state index in [2.05, 4.69) is 33.6 Å². The van der Waals surface area contributed by atoms with Gasteiger partial charge in [-0.15, -0.1) is 0 Å². The lowest BCUT2D eigenvalue weighted by atomic mass is 9.91. The van der Waals surface area contributed by atoms with Crippen LogP contribution in [0, 0.1) is 9.39 Å². The molecule has 0 unspecified atom stereocenters. The molecule has 3 aromatic rings. The second kappa shape index (κ2) is 10.4. The van der Waals surface area contributed by atoms with E-state index in [0.717, 1.165) is 71.4 Å². The third-order valence-corrected chi connectivity index (χ3v) is 8.50. The fraction of sp³-hybridized carbons (Fsp3) is 0.400. The van der Waals surface area contributed by atoms with Crippen LogP contribution in [-0.4, -0.2) is 47.8 Å². The number of likely N-dealkylation sites (tertiary alicyclic amines) is 1. The normalized spacial score (nSPS) is 19.1. The molecule has 1 spiro atoms. The monoisotopic (exact) mass is 627 g/mol. The Balaban J connectivity index is 1.18. The second-order valence-corrected chi connectivity index (χ2v) is 11.7. The van der Waals surface area contributed by atoms with Crippen LogP contribution < -0.4 is 9.64 Å². The molecule has 1 saturated carbocycles. The minimum atomic E-state index is -0.441. The summed E-state index contributed by atoms with van der Waals surface area (Å²) in [6, 6.07) is 16.8. The van der Waals surface area contributed by atoms with Crippen molar-refractivity contribution in [1.29, 1.82) is 0 Å². The largest absolute Gasteiger partial charge is 0.478 e. The molecule has 2 aromatic carbocycles. The molecule has 1 aliphatic carbocycles. The van der Waals surface area contributed by atoms with Crippen molar-refractivity contribution in [3.05, 3.63) is 75.1 Å². The summed E-state index contributed by atoms with van der Waals surface area (Å²) in [4.78, 5) is 21.9. The van der Waals surface area contributed by atoms with Gasteiger partial charge in [-0.05, 0) is 108 Å². The maximum Gasteiger partial charge on any atom is 0.415 e. The Hall–Kier alpha value is -2.72. The third-order valence-electron chi connectivity index (χ3n) is 7.78. The summed E-state index contributed by atoms with van der Waals surface area (Å²) in [5, 5.41) is 0. The quantitative estimate of drug-likeness (QED) is 0.271. The van der Waals surface area contributed by atoms with Crippen molar-refractivity contribution in [1.82, 2.24) is 9.88 Å². The van der Waals surface area contributed by atoms with Gasteiger partial charge in [0, 0.05) is 52.9 Å². The molecule has 6 rings (SSSR count). The van der Waals surface area contributed by atoms with E-state index in [1.807, 2.05) is 31.2 Å². The van der Waals surface area contributed by atoms with Gasteiger partial charge in [-0.25, -0.2) is 14.2 Å². The second-order valence-electron chi connectivity index (χ2n) is 10.5. The Morgan fingerprint density at radius 2 is 1.82 bits per heavy atom. The first-order valence-electron chi connectivity index (χ1n) is 13.3. The summed E-state index contributed by atoms with van der Waals surface area (Å²) in [6.07, 6.45) is 3.63. The smallest absolute Gasteiger partial charge is 0.415 e. The lowest BCUT2D eigenvalue weighted by molar-refractivity contribution is -0.00114. The number of hydrogen-bond acceptors (Lipinski definition) is 5. The van der Waals surface area contributed by atoms with Crippen molar-refractivity contribution in [3.63, 3.8) is 0 Å². The third kappa shape index (κ3) is 5.25. The first-order valence-corrected chi connectivity index (χ1v) is 14.4. The lowest BCUT2D eigenvalue weighted by Gasteiger charge is -2.37. The van der Waals surface area contributed by atoms with Crippen LogP contribution in [0.1, 0.15) is 49.7 Å². The van der Waals surface area contributed by atoms with Crippen molar-refractivity contribution in [2.24, 2.45) is 0 Å². The fourth-order valence-corrected chi connectivity index (χ4v) is 5.90. The Bertz CT molecular complexity index is 1320. The van der Waals surface area contributed by atoms with E-state index >= 15 is 0 Å². The summed E-state index contributed by atoms with van der Waals surface area (Å²) >= 11 is 2.27. The maximum atomic E-state index is 13.6. The highest BCUT2D eigenvalue weighted by molar-refractivity contribution is 14.1. The first kappa shape index (κ1) is 25.6. The van der Waals surface area contributed by atoms with Crippen molar-refractivity contribution in [2.45, 2.75) is 50.7 Å². The fourth-order valence-electron chi connectivity index (χ4n) is 5.54. The summed E-state index contributed by atoms with van der Waals surface area (Å²) in [5.41, 5.74) is 4.56. The number of carbonyl (C=O) groups is 1. The number of piperidine rings is 1. The summed E-state index contributed by atoms with van der Waals surface area (Å²) < 4.78 is 26.7. The van der Waals surface area contributed by atoms with E-state index in [1.54, 1.807) is 17.0 Å². The zero-order valence-electron chi connectivity index (χ0n) is 21.5. The van der Waals surface area contributed by atoms with E-state index in [9.17, 15) is 9.18 Å². The van der Waals surface area contributed by atoms with Crippen LogP contribution in [-0.2, 0) is 11.3 Å². The molecule has 6 nitrogen and oxygen atoms in total. The van der Waals surface area contributed by atoms with Crippen LogP contribution in [0.25, 0.3) is 11.3 Å². The van der Waals surface area contributed by atoms with Crippen molar-refractivity contribution in [2.75, 3.05) is 31.1 Å². The van der Waals surface area contributed by atoms with Gasteiger partial charge in [0.2, 0.25) is 5.88 Å². The number of halogens is 2. The average Bonchev–Trinajstić information content (AvgIpc) is 3.71. The zero-order chi connectivity index (χ0) is 26.3. The summed E-state index contributed by atoms with van der Waals surface area (Å²) in [7, 11) is 0. The van der Waals surface area contributed by atoms with Gasteiger partial charge < -0.3 is 9.47 Å². The molecule has 0 N–H and O–H groups in total. The Labute approximate surface area is 236 Å². The van der Waals surface area contributed by atoms with Gasteiger partial charge >= 0.3 is 6.09 Å². The van der Waals surface area contributed by atoms with Crippen molar-refractivity contribution in [3.8, 4) is 17.1 Å². The van der Waals surface area contributed by atoms with Crippen LogP contribution in [0.5, 0.6) is 5.88 Å². The molecule has 0 atom stereocenters. The molecule has 3 fully saturated rings. The Morgan fingerprint density at radius 3 is 2.47 bits per heavy atom. The number of hydrogen-bond donors (Lipinski definition) is 0. The molecule has 0 bridgehead atoms. The van der Waals surface area contributed by atoms with Gasteiger partial charge in [-0.3, -0.25) is 9.80 Å². The van der Waals surface area contributed by atoms with E-state index in [-0.39, 0.29) is 11.9 Å². The molecule has 38 heavy (non-hydrogen) atoms. The molecule has 2 saturated heterocycles. The average molecular weight is 627 g/mol. The number of aromatic nitrogens is 1. The van der Waals surface area contributed by atoms with E-state index in [0.29, 0.717) is 24.9 Å². The number of ether oxygens (including phenoxy) is 2. The molecule has 1 aromatic heterocycles. The summed E-state index contributed by atoms with van der Waals surface area (Å²) in [6.45, 7) is 5.48. The van der Waals surface area contributed by atoms with Crippen LogP contribution in [0.2, 0.25) is 0 Å². The minimum absolute atomic E-state index is 0.249. The molecular formula is C30H31FIN3O3. The van der Waals surface area contributed by atoms with Crippen LogP contribution >= 0.6 is 22.6 Å². The highest BCUT2D eigenvalue weighted by atomic mass is 127. The number of rotatable bonds is 7. The maximum absolute atomic E-state index is 13.6. The molecule has 8 heteroatoms. The highest BCUT2D eigenvalue weighted by Crippen LogP contribution is 2.45. The first-order chi connectivity index (χ1) is 18.4. The number of nitrogens with zero attached hydrogens (tertiary/aromatic N) is 3. The molecule has 2 aliphatic heterocycles. The number of anilines is 1. The zero-order valence-corrected chi connectivity index (χ0v) is 23.6. The van der Waals surface area contributed by atoms with E-state index in [4.69, 9.17) is 14.5 Å². The molecule has 1 amide bonds. The topological polar surface area (TPSA) is 54.9 Å². The van der Waals surface area contributed by atoms with E-state index < -0.39 is 5.60 Å². The predicted molar refractivity (Wildman–Crippen MR) is 153 cm³/mol. The number of benzene rings is 2. The van der Waals surface area contributed by atoms with Crippen molar-refractivity contribution < 1.29 is 18.7 Å². The van der Waals surface area contributed by atoms with E-state index in [1.165, 1.54) is 17.7 Å². The van der Waals surface area contributed by atoms with Crippen LogP contribution in [0.4, 0.5) is 14.9 Å². The standard InChI is InChI=1S/C30H31FIN3O3/c1-2-37-28-22(17-26(20-3-4-20)27(33-28)21-5-7-23(31)8-6-21)18-34-15-13-30(14-16-34)19-35(29(36)38-30)25-11-9-24(32)10-12-25/h5-12,17,20H,2-4,13-16,18-19H2,1H3. The van der Waals surface area contributed by atoms with Gasteiger partial charge in [0.05, 0.1) is 18.8 Å². The number of carbonyl (C=O) groups excluding carboxylic acids is 1. The molecule has 3 aliphatic rings. The SMILES string of the molecule is CCOc1nc(-c2ccc(F)cc2)c(C2CC2)cc1CN1CCC2(CC1)CN(c1ccc(I)cc1)C(=O)O2. The minimum Gasteiger partial charge on any atom is -0.478 e. The van der Waals surface area contributed by atoms with Crippen molar-refractivity contribution >= 4 is 34.4 Å². The molecule has 3 heterocycles. The number of amides is 1. The molecule has 0 radical (unpaired) electrons. The van der Waals surface area contributed by atoms with Gasteiger partial charge in [0.25, 0.3) is 0 Å². The van der Waals surface area contributed by atoms with Gasteiger partial charge in [-0.1, -0.05) is 0 Å². The van der Waals surface area contributed by atoms with Gasteiger partial charge in [-0.2, -0.15) is 0 Å². The van der Waals surface area contributed by atoms with Crippen LogP contribution in [0.3, 0.4) is 0 Å². The Morgan fingerprint density at radius 1 is 1.11 bits per heavy atom.